The minimum Gasteiger partial charge on any atom is -0.484 e. The Labute approximate surface area is 144 Å². The van der Waals surface area contributed by atoms with Crippen molar-refractivity contribution in [3.63, 3.8) is 0 Å². The second-order valence-corrected chi connectivity index (χ2v) is 7.61. The molecule has 0 atom stereocenters. The molecule has 0 bridgehead atoms. The number of carbonyl (C=O) groups is 1. The molecule has 23 heavy (non-hydrogen) atoms. The number of nitrogens with one attached hydrogen (secondary N) is 1. The average molecular weight is 351 g/mol. The Hall–Kier alpha value is -1.60. The zero-order valence-corrected chi connectivity index (χ0v) is 15.2. The topological polar surface area (TPSA) is 64.1 Å². The maximum atomic E-state index is 11.9. The molecule has 0 saturated heterocycles. The SMILES string of the molecule is CCCSc1nnc(NC(=O)COc2cccc(C(C)C)c2)s1. The van der Waals surface area contributed by atoms with Crippen molar-refractivity contribution in [3.05, 3.63) is 29.8 Å². The van der Waals surface area contributed by atoms with Gasteiger partial charge in [0.15, 0.2) is 10.9 Å². The Morgan fingerprint density at radius 3 is 2.96 bits per heavy atom. The molecule has 0 unspecified atom stereocenters. The predicted octanol–water partition coefficient (Wildman–Crippen LogP) is 4.18. The summed E-state index contributed by atoms with van der Waals surface area (Å²) in [5, 5.41) is 11.2. The van der Waals surface area contributed by atoms with Crippen molar-refractivity contribution >= 4 is 34.1 Å². The smallest absolute Gasteiger partial charge is 0.264 e. The summed E-state index contributed by atoms with van der Waals surface area (Å²) in [6.45, 7) is 6.31. The molecular formula is C16H21N3O2S2. The molecule has 0 fully saturated rings. The van der Waals surface area contributed by atoms with Crippen molar-refractivity contribution in [1.29, 1.82) is 0 Å². The molecule has 1 aromatic carbocycles. The summed E-state index contributed by atoms with van der Waals surface area (Å²) in [6.07, 6.45) is 1.08. The first kappa shape index (κ1) is 17.7. The van der Waals surface area contributed by atoms with Gasteiger partial charge in [-0.3, -0.25) is 10.1 Å². The van der Waals surface area contributed by atoms with Gasteiger partial charge in [0.2, 0.25) is 5.13 Å². The van der Waals surface area contributed by atoms with Crippen LogP contribution >= 0.6 is 23.1 Å². The number of carbonyl (C=O) groups excluding carboxylic acids is 1. The van der Waals surface area contributed by atoms with Gasteiger partial charge in [0, 0.05) is 5.75 Å². The third-order valence-electron chi connectivity index (χ3n) is 2.98. The Morgan fingerprint density at radius 2 is 2.22 bits per heavy atom. The highest BCUT2D eigenvalue weighted by Gasteiger charge is 2.09. The molecule has 0 spiro atoms. The lowest BCUT2D eigenvalue weighted by Gasteiger charge is -2.09. The quantitative estimate of drug-likeness (QED) is 0.571. The van der Waals surface area contributed by atoms with Crippen LogP contribution in [0.5, 0.6) is 5.75 Å². The lowest BCUT2D eigenvalue weighted by Crippen LogP contribution is -2.20. The second-order valence-electron chi connectivity index (χ2n) is 5.29. The molecule has 0 aliphatic heterocycles. The van der Waals surface area contributed by atoms with Crippen molar-refractivity contribution < 1.29 is 9.53 Å². The molecule has 0 radical (unpaired) electrons. The summed E-state index contributed by atoms with van der Waals surface area (Å²) >= 11 is 3.03. The maximum Gasteiger partial charge on any atom is 0.264 e. The Morgan fingerprint density at radius 1 is 1.39 bits per heavy atom. The van der Waals surface area contributed by atoms with Gasteiger partial charge in [0.25, 0.3) is 5.91 Å². The van der Waals surface area contributed by atoms with Crippen LogP contribution in [-0.2, 0) is 4.79 Å². The number of rotatable bonds is 8. The molecule has 0 aliphatic rings. The summed E-state index contributed by atoms with van der Waals surface area (Å²) < 4.78 is 6.41. The second kappa shape index (κ2) is 8.88. The number of benzene rings is 1. The predicted molar refractivity (Wildman–Crippen MR) is 95.6 cm³/mol. The molecule has 0 aliphatic carbocycles. The van der Waals surface area contributed by atoms with E-state index < -0.39 is 0 Å². The van der Waals surface area contributed by atoms with E-state index in [-0.39, 0.29) is 12.5 Å². The molecule has 0 saturated carbocycles. The lowest BCUT2D eigenvalue weighted by atomic mass is 10.0. The number of amides is 1. The fourth-order valence-corrected chi connectivity index (χ4v) is 3.47. The summed E-state index contributed by atoms with van der Waals surface area (Å²) in [7, 11) is 0. The number of ether oxygens (including phenoxy) is 1. The maximum absolute atomic E-state index is 11.9. The van der Waals surface area contributed by atoms with Gasteiger partial charge in [-0.15, -0.1) is 10.2 Å². The van der Waals surface area contributed by atoms with Crippen LogP contribution in [-0.4, -0.2) is 28.5 Å². The van der Waals surface area contributed by atoms with Crippen LogP contribution in [0.25, 0.3) is 0 Å². The first-order valence-electron chi connectivity index (χ1n) is 7.57. The van der Waals surface area contributed by atoms with Gasteiger partial charge < -0.3 is 4.74 Å². The molecule has 5 nitrogen and oxygen atoms in total. The van der Waals surface area contributed by atoms with Crippen LogP contribution in [0.3, 0.4) is 0 Å². The fourth-order valence-electron chi connectivity index (χ4n) is 1.78. The molecule has 7 heteroatoms. The van der Waals surface area contributed by atoms with Gasteiger partial charge in [-0.2, -0.15) is 0 Å². The van der Waals surface area contributed by atoms with E-state index in [4.69, 9.17) is 4.74 Å². The van der Waals surface area contributed by atoms with E-state index in [0.29, 0.717) is 16.8 Å². The van der Waals surface area contributed by atoms with Crippen molar-refractivity contribution in [2.24, 2.45) is 0 Å². The van der Waals surface area contributed by atoms with Crippen LogP contribution in [0.1, 0.15) is 38.7 Å². The van der Waals surface area contributed by atoms with E-state index in [9.17, 15) is 4.79 Å². The number of aromatic nitrogens is 2. The normalized spacial score (nSPS) is 10.8. The van der Waals surface area contributed by atoms with Crippen molar-refractivity contribution in [1.82, 2.24) is 10.2 Å². The molecule has 1 N–H and O–H groups in total. The molecule has 124 valence electrons. The van der Waals surface area contributed by atoms with Crippen LogP contribution in [0, 0.1) is 0 Å². The van der Waals surface area contributed by atoms with E-state index in [0.717, 1.165) is 16.5 Å². The Bertz CT molecular complexity index is 644. The number of anilines is 1. The van der Waals surface area contributed by atoms with Crippen molar-refractivity contribution in [2.75, 3.05) is 17.7 Å². The van der Waals surface area contributed by atoms with Gasteiger partial charge in [0.1, 0.15) is 5.75 Å². The minimum absolute atomic E-state index is 0.0431. The molecule has 2 rings (SSSR count). The number of hydrogen-bond donors (Lipinski definition) is 1. The van der Waals surface area contributed by atoms with E-state index >= 15 is 0 Å². The third kappa shape index (κ3) is 5.84. The van der Waals surface area contributed by atoms with Crippen LogP contribution in [0.4, 0.5) is 5.13 Å². The molecular weight excluding hydrogens is 330 g/mol. The molecule has 1 aromatic heterocycles. The molecule has 1 amide bonds. The summed E-state index contributed by atoms with van der Waals surface area (Å²) in [6, 6.07) is 7.80. The molecule has 1 heterocycles. The zero-order valence-electron chi connectivity index (χ0n) is 13.5. The average Bonchev–Trinajstić information content (AvgIpc) is 2.98. The molecule has 2 aromatic rings. The van der Waals surface area contributed by atoms with Crippen LogP contribution in [0.15, 0.2) is 28.6 Å². The van der Waals surface area contributed by atoms with Crippen molar-refractivity contribution in [2.45, 2.75) is 37.4 Å². The lowest BCUT2D eigenvalue weighted by molar-refractivity contribution is -0.118. The van der Waals surface area contributed by atoms with Gasteiger partial charge in [0.05, 0.1) is 0 Å². The monoisotopic (exact) mass is 351 g/mol. The highest BCUT2D eigenvalue weighted by molar-refractivity contribution is 8.01. The first-order chi connectivity index (χ1) is 11.1. The minimum atomic E-state index is -0.233. The van der Waals surface area contributed by atoms with E-state index in [2.05, 4.69) is 36.3 Å². The Balaban J connectivity index is 1.83. The van der Waals surface area contributed by atoms with Crippen LogP contribution < -0.4 is 10.1 Å². The fraction of sp³-hybridized carbons (Fsp3) is 0.438. The van der Waals surface area contributed by atoms with Gasteiger partial charge in [-0.1, -0.05) is 56.0 Å². The summed E-state index contributed by atoms with van der Waals surface area (Å²) in [5.74, 6) is 1.89. The standard InChI is InChI=1S/C16H21N3O2S2/c1-4-8-22-16-19-18-15(23-16)17-14(20)10-21-13-7-5-6-12(9-13)11(2)3/h5-7,9,11H,4,8,10H2,1-3H3,(H,17,18,20). The van der Waals surface area contributed by atoms with Crippen molar-refractivity contribution in [3.8, 4) is 5.75 Å². The van der Waals surface area contributed by atoms with Gasteiger partial charge >= 0.3 is 0 Å². The highest BCUT2D eigenvalue weighted by atomic mass is 32.2. The summed E-state index contributed by atoms with van der Waals surface area (Å²) in [4.78, 5) is 11.9. The largest absolute Gasteiger partial charge is 0.484 e. The van der Waals surface area contributed by atoms with Gasteiger partial charge in [-0.25, -0.2) is 0 Å². The summed E-state index contributed by atoms with van der Waals surface area (Å²) in [5.41, 5.74) is 1.18. The van der Waals surface area contributed by atoms with Gasteiger partial charge in [-0.05, 0) is 30.0 Å². The number of thioether (sulfide) groups is 1. The van der Waals surface area contributed by atoms with E-state index in [1.54, 1.807) is 11.8 Å². The van der Waals surface area contributed by atoms with Crippen LogP contribution in [0.2, 0.25) is 0 Å². The Kier molecular flexibility index (Phi) is 6.85. The highest BCUT2D eigenvalue weighted by Crippen LogP contribution is 2.25. The van der Waals surface area contributed by atoms with E-state index in [1.807, 2.05) is 24.3 Å². The first-order valence-corrected chi connectivity index (χ1v) is 9.37. The zero-order chi connectivity index (χ0) is 16.7. The number of hydrogen-bond acceptors (Lipinski definition) is 6. The third-order valence-corrected chi connectivity index (χ3v) is 5.16. The number of nitrogens with zero attached hydrogens (tertiary/aromatic N) is 2. The van der Waals surface area contributed by atoms with E-state index in [1.165, 1.54) is 16.9 Å².